The van der Waals surface area contributed by atoms with Gasteiger partial charge in [-0.1, -0.05) is 69.2 Å². The monoisotopic (exact) mass is 617 g/mol. The first-order valence-electron chi connectivity index (χ1n) is 17.3. The number of anilines is 2. The number of ether oxygens (including phenoxy) is 3. The van der Waals surface area contributed by atoms with Crippen molar-refractivity contribution in [3.05, 3.63) is 35.4 Å². The first-order valence-corrected chi connectivity index (χ1v) is 17.3. The van der Waals surface area contributed by atoms with Crippen molar-refractivity contribution in [1.82, 2.24) is 14.9 Å². The highest BCUT2D eigenvalue weighted by molar-refractivity contribution is 6.03. The van der Waals surface area contributed by atoms with Crippen molar-refractivity contribution < 1.29 is 14.2 Å². The third kappa shape index (κ3) is 14.2. The van der Waals surface area contributed by atoms with Gasteiger partial charge in [-0.05, 0) is 55.9 Å². The molecule has 1 saturated heterocycles. The van der Waals surface area contributed by atoms with Crippen molar-refractivity contribution in [3.8, 4) is 11.8 Å². The number of hydrazone groups is 1. The highest BCUT2D eigenvalue weighted by Crippen LogP contribution is 2.26. The molecule has 1 aromatic heterocycles. The van der Waals surface area contributed by atoms with Crippen LogP contribution in [0.15, 0.2) is 29.4 Å². The van der Waals surface area contributed by atoms with Crippen LogP contribution in [0.3, 0.4) is 0 Å². The van der Waals surface area contributed by atoms with Gasteiger partial charge in [-0.15, -0.1) is 0 Å². The fourth-order valence-electron chi connectivity index (χ4n) is 4.68. The molecule has 2 aromatic rings. The Bertz CT molecular complexity index is 1010. The van der Waals surface area contributed by atoms with Crippen LogP contribution < -0.4 is 19.8 Å². The molecule has 252 valence electrons. The third-order valence-corrected chi connectivity index (χ3v) is 6.53. The number of nitrogens with one attached hydrogen (secondary N) is 1. The van der Waals surface area contributed by atoms with Crippen LogP contribution in [0.1, 0.15) is 106 Å². The van der Waals surface area contributed by atoms with Gasteiger partial charge in [-0.2, -0.15) is 15.1 Å². The van der Waals surface area contributed by atoms with Crippen molar-refractivity contribution in [1.29, 1.82) is 0 Å². The Kier molecular flexibility index (Phi) is 24.7. The second-order valence-corrected chi connectivity index (χ2v) is 9.23. The number of hydrogen-bond acceptors (Lipinski definition) is 9. The van der Waals surface area contributed by atoms with Crippen LogP contribution in [-0.2, 0) is 11.2 Å². The number of nitrogens with zero attached hydrogens (tertiary/aromatic N) is 5. The second-order valence-electron chi connectivity index (χ2n) is 9.23. The molecule has 2 aliphatic rings. The molecule has 0 saturated carbocycles. The fraction of sp³-hybridized carbons (Fsp3) is 0.686. The molecule has 4 rings (SSSR count). The quantitative estimate of drug-likeness (QED) is 0.240. The lowest BCUT2D eigenvalue weighted by Crippen LogP contribution is -2.38. The van der Waals surface area contributed by atoms with Gasteiger partial charge in [0.1, 0.15) is 18.2 Å². The number of morpholine rings is 1. The minimum absolute atomic E-state index is 0.384. The molecule has 44 heavy (non-hydrogen) atoms. The third-order valence-electron chi connectivity index (χ3n) is 6.53. The van der Waals surface area contributed by atoms with Gasteiger partial charge in [0.05, 0.1) is 26.0 Å². The minimum atomic E-state index is 0.384. The molecule has 0 amide bonds. The summed E-state index contributed by atoms with van der Waals surface area (Å²) in [5.41, 5.74) is 6.69. The molecule has 0 spiro atoms. The maximum absolute atomic E-state index is 6.04. The summed E-state index contributed by atoms with van der Waals surface area (Å²) >= 11 is 0. The predicted octanol–water partition coefficient (Wildman–Crippen LogP) is 8.08. The zero-order valence-electron chi connectivity index (χ0n) is 30.0. The molecule has 9 nitrogen and oxygen atoms in total. The first-order chi connectivity index (χ1) is 21.7. The van der Waals surface area contributed by atoms with Crippen LogP contribution in [0.4, 0.5) is 11.6 Å². The summed E-state index contributed by atoms with van der Waals surface area (Å²) in [6, 6.07) is 8.57. The van der Waals surface area contributed by atoms with E-state index in [1.165, 1.54) is 11.1 Å². The Hall–Kier alpha value is -2.91. The van der Waals surface area contributed by atoms with Gasteiger partial charge in [-0.3, -0.25) is 10.3 Å². The molecule has 1 aromatic carbocycles. The smallest absolute Gasteiger partial charge is 0.320 e. The molecule has 1 N–H and O–H groups in total. The van der Waals surface area contributed by atoms with Gasteiger partial charge in [-0.25, -0.2) is 0 Å². The average molecular weight is 617 g/mol. The van der Waals surface area contributed by atoms with E-state index in [-0.39, 0.29) is 0 Å². The molecule has 1 aliphatic heterocycles. The molecule has 0 atom stereocenters. The molecule has 0 bridgehead atoms. The van der Waals surface area contributed by atoms with E-state index in [1.54, 1.807) is 7.11 Å². The van der Waals surface area contributed by atoms with Crippen LogP contribution in [-0.4, -0.2) is 80.2 Å². The summed E-state index contributed by atoms with van der Waals surface area (Å²) in [6.07, 6.45) is 5.11. The summed E-state index contributed by atoms with van der Waals surface area (Å²) in [5, 5.41) is 4.78. The summed E-state index contributed by atoms with van der Waals surface area (Å²) in [7, 11) is 1.70. The van der Waals surface area contributed by atoms with Gasteiger partial charge >= 0.3 is 6.01 Å². The standard InChI is InChI=1S/C27H40N6O3.4C2H6/c1-4-11-33(12-5-2)26-20-25(28-27(29-26)36-18-15-32-13-16-35-17-14-32)31-30-24-8-6-7-21-19-22(34-3)9-10-23(21)24;4*1-2/h9-10,19-20H,4-8,11-18H2,1-3H3,(H,28,29,31);4*1-2H3/b30-24+;;;;. The van der Waals surface area contributed by atoms with Crippen LogP contribution in [0.25, 0.3) is 0 Å². The lowest BCUT2D eigenvalue weighted by atomic mass is 9.90. The summed E-state index contributed by atoms with van der Waals surface area (Å²) in [6.45, 7) is 27.0. The Morgan fingerprint density at radius 1 is 0.909 bits per heavy atom. The maximum Gasteiger partial charge on any atom is 0.320 e. The van der Waals surface area contributed by atoms with E-state index in [9.17, 15) is 0 Å². The van der Waals surface area contributed by atoms with Crippen molar-refractivity contribution in [3.63, 3.8) is 0 Å². The topological polar surface area (TPSA) is 84.3 Å². The van der Waals surface area contributed by atoms with Crippen molar-refractivity contribution in [2.75, 3.05) is 70.0 Å². The molecule has 1 fully saturated rings. The molecular formula is C35H64N6O3. The Morgan fingerprint density at radius 3 is 2.18 bits per heavy atom. The molecule has 0 radical (unpaired) electrons. The highest BCUT2D eigenvalue weighted by Gasteiger charge is 2.18. The predicted molar refractivity (Wildman–Crippen MR) is 189 cm³/mol. The Labute approximate surface area is 269 Å². The van der Waals surface area contributed by atoms with Crippen LogP contribution in [0.2, 0.25) is 0 Å². The number of hydrogen-bond donors (Lipinski definition) is 1. The molecule has 1 aliphatic carbocycles. The molecule has 0 unspecified atom stereocenters. The minimum Gasteiger partial charge on any atom is -0.497 e. The number of aryl methyl sites for hydroxylation is 1. The fourth-order valence-corrected chi connectivity index (χ4v) is 4.68. The van der Waals surface area contributed by atoms with Gasteiger partial charge in [0.15, 0.2) is 5.82 Å². The van der Waals surface area contributed by atoms with Crippen molar-refractivity contribution in [2.45, 2.75) is 101 Å². The second kappa shape index (κ2) is 26.5. The average Bonchev–Trinajstić information content (AvgIpc) is 3.11. The van der Waals surface area contributed by atoms with Crippen LogP contribution in [0, 0.1) is 0 Å². The largest absolute Gasteiger partial charge is 0.497 e. The lowest BCUT2D eigenvalue weighted by molar-refractivity contribution is 0.0317. The SMILES string of the molecule is CC.CC.CC.CC.CCCN(CCC)c1cc(N/N=C2\CCCc3cc(OC)ccc32)nc(OCCN2CCOCC2)n1. The zero-order valence-corrected chi connectivity index (χ0v) is 30.0. The van der Waals surface area contributed by atoms with Crippen molar-refractivity contribution >= 4 is 17.3 Å². The maximum atomic E-state index is 6.04. The van der Waals surface area contributed by atoms with E-state index >= 15 is 0 Å². The summed E-state index contributed by atoms with van der Waals surface area (Å²) in [4.78, 5) is 14.0. The van der Waals surface area contributed by atoms with E-state index in [4.69, 9.17) is 24.3 Å². The highest BCUT2D eigenvalue weighted by atomic mass is 16.5. The van der Waals surface area contributed by atoms with E-state index < -0.39 is 0 Å². The number of aromatic nitrogens is 2. The summed E-state index contributed by atoms with van der Waals surface area (Å²) in [5.74, 6) is 2.40. The van der Waals surface area contributed by atoms with E-state index in [2.05, 4.69) is 46.2 Å². The number of rotatable bonds is 12. The van der Waals surface area contributed by atoms with E-state index in [0.29, 0.717) is 18.4 Å². The number of benzene rings is 1. The van der Waals surface area contributed by atoms with Crippen LogP contribution in [0.5, 0.6) is 11.8 Å². The van der Waals surface area contributed by atoms with E-state index in [0.717, 1.165) is 95.3 Å². The molecular weight excluding hydrogens is 552 g/mol. The lowest BCUT2D eigenvalue weighted by Gasteiger charge is -2.26. The van der Waals surface area contributed by atoms with Gasteiger partial charge in [0.2, 0.25) is 0 Å². The molecule has 9 heteroatoms. The Morgan fingerprint density at radius 2 is 1.57 bits per heavy atom. The van der Waals surface area contributed by atoms with Gasteiger partial charge < -0.3 is 19.1 Å². The van der Waals surface area contributed by atoms with Gasteiger partial charge in [0, 0.05) is 44.4 Å². The Balaban J connectivity index is 0.00000214. The molecule has 2 heterocycles. The summed E-state index contributed by atoms with van der Waals surface area (Å²) < 4.78 is 16.9. The van der Waals surface area contributed by atoms with Crippen LogP contribution >= 0.6 is 0 Å². The van der Waals surface area contributed by atoms with E-state index in [1.807, 2.05) is 67.5 Å². The normalized spacial score (nSPS) is 14.5. The number of fused-ring (bicyclic) bond motifs is 1. The first kappa shape index (κ1) is 41.1. The van der Waals surface area contributed by atoms with Crippen molar-refractivity contribution in [2.24, 2.45) is 5.10 Å². The number of methoxy groups -OCH3 is 1. The zero-order chi connectivity index (χ0) is 33.2. The van der Waals surface area contributed by atoms with Gasteiger partial charge in [0.25, 0.3) is 0 Å².